The van der Waals surface area contributed by atoms with Gasteiger partial charge in [0.1, 0.15) is 11.4 Å². The van der Waals surface area contributed by atoms with Gasteiger partial charge < -0.3 is 25.2 Å². The minimum Gasteiger partial charge on any atom is -0.480 e. The van der Waals surface area contributed by atoms with Gasteiger partial charge in [-0.25, -0.2) is 9.97 Å². The first-order chi connectivity index (χ1) is 21.8. The quantitative estimate of drug-likeness (QED) is 0.202. The van der Waals surface area contributed by atoms with Gasteiger partial charge in [0.05, 0.1) is 54.2 Å². The lowest BCUT2D eigenvalue weighted by atomic mass is 9.98. The van der Waals surface area contributed by atoms with Crippen molar-refractivity contribution in [3.63, 3.8) is 0 Å². The van der Waals surface area contributed by atoms with E-state index in [2.05, 4.69) is 32.1 Å². The summed E-state index contributed by atoms with van der Waals surface area (Å²) in [6.45, 7) is 7.07. The maximum atomic E-state index is 9.62. The van der Waals surface area contributed by atoms with E-state index in [1.807, 2.05) is 36.4 Å². The Labute approximate surface area is 272 Å². The summed E-state index contributed by atoms with van der Waals surface area (Å²) in [5.41, 5.74) is 6.54. The lowest BCUT2D eigenvalue weighted by Crippen LogP contribution is -2.50. The highest BCUT2D eigenvalue weighted by molar-refractivity contribution is 6.39. The second-order valence-corrected chi connectivity index (χ2v) is 12.0. The molecular weight excluding hydrogens is 613 g/mol. The molecule has 2 aliphatic heterocycles. The Morgan fingerprint density at radius 3 is 2.00 bits per heavy atom. The van der Waals surface area contributed by atoms with Crippen LogP contribution in [0.25, 0.3) is 33.6 Å². The first-order valence-corrected chi connectivity index (χ1v) is 15.5. The normalized spacial score (nSPS) is 16.8. The highest BCUT2D eigenvalue weighted by atomic mass is 35.5. The van der Waals surface area contributed by atoms with Crippen LogP contribution in [0.3, 0.4) is 0 Å². The molecule has 2 aromatic carbocycles. The smallest absolute Gasteiger partial charge is 0.237 e. The van der Waals surface area contributed by atoms with Crippen molar-refractivity contribution in [2.45, 2.75) is 38.1 Å². The molecule has 3 N–H and O–H groups in total. The molecule has 1 atom stereocenters. The molecule has 45 heavy (non-hydrogen) atoms. The van der Waals surface area contributed by atoms with Crippen molar-refractivity contribution in [1.29, 1.82) is 0 Å². The molecule has 2 aliphatic rings. The molecule has 0 saturated carbocycles. The number of allylic oxidation sites excluding steroid dienone is 1. The van der Waals surface area contributed by atoms with E-state index in [0.29, 0.717) is 87.9 Å². The lowest BCUT2D eigenvalue weighted by Gasteiger charge is -2.35. The van der Waals surface area contributed by atoms with Gasteiger partial charge in [-0.1, -0.05) is 66.2 Å². The van der Waals surface area contributed by atoms with Crippen LogP contribution in [0.4, 0.5) is 0 Å². The van der Waals surface area contributed by atoms with E-state index in [9.17, 15) is 5.11 Å². The third kappa shape index (κ3) is 6.75. The number of likely N-dealkylation sites (tertiary alicyclic amines) is 1. The number of rotatable bonds is 11. The van der Waals surface area contributed by atoms with Gasteiger partial charge in [0.2, 0.25) is 11.8 Å². The fourth-order valence-corrected chi connectivity index (χ4v) is 6.32. The van der Waals surface area contributed by atoms with Crippen LogP contribution in [0, 0.1) is 0 Å². The van der Waals surface area contributed by atoms with E-state index in [1.54, 1.807) is 26.6 Å². The van der Waals surface area contributed by atoms with Crippen LogP contribution in [-0.2, 0) is 13.1 Å². The summed E-state index contributed by atoms with van der Waals surface area (Å²) < 4.78 is 11.2. The predicted octanol–water partition coefficient (Wildman–Crippen LogP) is 5.12. The van der Waals surface area contributed by atoms with Gasteiger partial charge in [-0.3, -0.25) is 14.9 Å². The maximum absolute atomic E-state index is 9.62. The summed E-state index contributed by atoms with van der Waals surface area (Å²) in [4.78, 5) is 20.8. The highest BCUT2D eigenvalue weighted by Gasteiger charge is 2.26. The molecule has 0 amide bonds. The molecule has 0 unspecified atom stereocenters. The number of nitrogens with one attached hydrogen (secondary N) is 2. The van der Waals surface area contributed by atoms with Crippen molar-refractivity contribution in [2.24, 2.45) is 0 Å². The Bertz CT molecular complexity index is 1710. The minimum absolute atomic E-state index is 0.295. The van der Waals surface area contributed by atoms with Crippen molar-refractivity contribution in [3.05, 3.63) is 82.5 Å². The van der Waals surface area contributed by atoms with Crippen molar-refractivity contribution in [2.75, 3.05) is 33.9 Å². The van der Waals surface area contributed by atoms with Crippen LogP contribution in [0.5, 0.6) is 11.8 Å². The average molecular weight is 649 g/mol. The van der Waals surface area contributed by atoms with Gasteiger partial charge in [-0.2, -0.15) is 0 Å². The highest BCUT2D eigenvalue weighted by Crippen LogP contribution is 2.42. The molecule has 4 aromatic rings. The van der Waals surface area contributed by atoms with Crippen LogP contribution >= 0.6 is 23.2 Å². The van der Waals surface area contributed by atoms with Gasteiger partial charge in [-0.05, 0) is 12.8 Å². The van der Waals surface area contributed by atoms with Crippen molar-refractivity contribution in [3.8, 4) is 45.4 Å². The summed E-state index contributed by atoms with van der Waals surface area (Å²) in [6.07, 6.45) is 5.17. The van der Waals surface area contributed by atoms with Crippen molar-refractivity contribution < 1.29 is 14.6 Å². The Balaban J connectivity index is 1.24. The van der Waals surface area contributed by atoms with Gasteiger partial charge >= 0.3 is 0 Å². The second kappa shape index (κ2) is 13.7. The monoisotopic (exact) mass is 647 g/mol. The number of hydrogen-bond acceptors (Lipinski definition) is 10. The number of β-amino-alcohol motifs (C(OH)–C–C–N with tert-alkyl or cyclic N) is 1. The first kappa shape index (κ1) is 31.2. The van der Waals surface area contributed by atoms with Crippen molar-refractivity contribution >= 4 is 23.2 Å². The number of ether oxygens (including phenoxy) is 2. The number of hydrogen-bond donors (Lipinski definition) is 3. The molecule has 0 aliphatic carbocycles. The Morgan fingerprint density at radius 1 is 0.911 bits per heavy atom. The SMILES string of the molecule is C=C1CC[C@@H](CNCc2ncc(-c3cccc(-c4cccc(-c5cnc(CN6CC(O)C6)c(OC)n5)c4Cl)c3Cl)nc2OC)N1. The molecular formula is C33H35Cl2N7O3. The van der Waals surface area contributed by atoms with E-state index in [0.717, 1.165) is 36.2 Å². The van der Waals surface area contributed by atoms with E-state index >= 15 is 0 Å². The minimum atomic E-state index is -0.295. The number of halogens is 2. The van der Waals surface area contributed by atoms with Crippen LogP contribution < -0.4 is 20.1 Å². The number of aliphatic hydroxyl groups is 1. The number of methoxy groups -OCH3 is 2. The van der Waals surface area contributed by atoms with Gasteiger partial charge in [0.15, 0.2) is 0 Å². The number of benzene rings is 2. The zero-order valence-corrected chi connectivity index (χ0v) is 26.7. The van der Waals surface area contributed by atoms with Crippen LogP contribution in [-0.4, -0.2) is 75.9 Å². The number of aliphatic hydroxyl groups excluding tert-OH is 1. The fraction of sp³-hybridized carbons (Fsp3) is 0.333. The molecule has 6 rings (SSSR count). The van der Waals surface area contributed by atoms with Crippen LogP contribution in [0.15, 0.2) is 61.1 Å². The van der Waals surface area contributed by atoms with Crippen molar-refractivity contribution in [1.82, 2.24) is 35.5 Å². The molecule has 2 saturated heterocycles. The van der Waals surface area contributed by atoms with E-state index in [-0.39, 0.29) is 6.10 Å². The predicted molar refractivity (Wildman–Crippen MR) is 175 cm³/mol. The summed E-state index contributed by atoms with van der Waals surface area (Å²) in [7, 11) is 3.15. The molecule has 0 bridgehead atoms. The Kier molecular flexibility index (Phi) is 9.48. The fourth-order valence-electron chi connectivity index (χ4n) is 5.67. The summed E-state index contributed by atoms with van der Waals surface area (Å²) in [6, 6.07) is 11.8. The zero-order chi connectivity index (χ0) is 31.5. The number of aromatic nitrogens is 4. The third-order valence-corrected chi connectivity index (χ3v) is 8.86. The molecule has 4 heterocycles. The summed E-state index contributed by atoms with van der Waals surface area (Å²) in [5, 5.41) is 17.4. The van der Waals surface area contributed by atoms with E-state index in [4.69, 9.17) is 42.6 Å². The van der Waals surface area contributed by atoms with Gasteiger partial charge in [-0.15, -0.1) is 0 Å². The Hall–Kier alpha value is -3.80. The molecule has 2 fully saturated rings. The lowest BCUT2D eigenvalue weighted by molar-refractivity contribution is -0.00402. The topological polar surface area (TPSA) is 118 Å². The molecule has 10 nitrogen and oxygen atoms in total. The molecule has 0 radical (unpaired) electrons. The van der Waals surface area contributed by atoms with E-state index < -0.39 is 0 Å². The third-order valence-electron chi connectivity index (χ3n) is 8.05. The van der Waals surface area contributed by atoms with Gasteiger partial charge in [0.25, 0.3) is 0 Å². The van der Waals surface area contributed by atoms with Gasteiger partial charge in [0, 0.05) is 66.7 Å². The average Bonchev–Trinajstić information content (AvgIpc) is 3.45. The van der Waals surface area contributed by atoms with E-state index in [1.165, 1.54) is 0 Å². The maximum Gasteiger partial charge on any atom is 0.237 e. The standard InChI is InChI=1S/C33H35Cl2N7O3/c1-19-10-11-20(39-19)12-36-13-28-32(44-2)40-26(14-37-28)24-8-4-6-22(30(24)34)23-7-5-9-25(31(23)35)27-15-38-29(33(41-27)45-3)18-42-16-21(43)17-42/h4-9,14-15,20-21,36,39,43H,1,10-13,16-18H2,2-3H3/t20-/m0/s1. The van der Waals surface area contributed by atoms with Crippen LogP contribution in [0.2, 0.25) is 10.0 Å². The number of nitrogens with zero attached hydrogens (tertiary/aromatic N) is 5. The Morgan fingerprint density at radius 2 is 1.47 bits per heavy atom. The zero-order valence-electron chi connectivity index (χ0n) is 25.2. The first-order valence-electron chi connectivity index (χ1n) is 14.8. The molecule has 12 heteroatoms. The van der Waals surface area contributed by atoms with Crippen LogP contribution in [0.1, 0.15) is 24.2 Å². The molecule has 234 valence electrons. The molecule has 2 aromatic heterocycles. The summed E-state index contributed by atoms with van der Waals surface area (Å²) in [5.74, 6) is 0.856. The largest absolute Gasteiger partial charge is 0.480 e. The second-order valence-electron chi connectivity index (χ2n) is 11.2. The molecule has 0 spiro atoms. The summed E-state index contributed by atoms with van der Waals surface area (Å²) >= 11 is 14.1.